The van der Waals surface area contributed by atoms with E-state index >= 15 is 0 Å². The fraction of sp³-hybridized carbons (Fsp3) is 0.278. The molecule has 0 spiro atoms. The van der Waals surface area contributed by atoms with Crippen LogP contribution in [-0.2, 0) is 4.74 Å². The van der Waals surface area contributed by atoms with Gasteiger partial charge in [-0.3, -0.25) is 0 Å². The van der Waals surface area contributed by atoms with Crippen molar-refractivity contribution in [3.8, 4) is 17.2 Å². The molecule has 0 unspecified atom stereocenters. The van der Waals surface area contributed by atoms with E-state index in [9.17, 15) is 4.79 Å². The number of hydrogen-bond donors (Lipinski definition) is 1. The third kappa shape index (κ3) is 5.90. The van der Waals surface area contributed by atoms with Gasteiger partial charge >= 0.3 is 6.09 Å². The molecule has 2 rings (SSSR count). The molecule has 5 nitrogen and oxygen atoms in total. The highest BCUT2D eigenvalue weighted by Crippen LogP contribution is 2.24. The molecule has 0 aliphatic heterocycles. The Morgan fingerprint density at radius 2 is 1.78 bits per heavy atom. The van der Waals surface area contributed by atoms with Gasteiger partial charge in [0.15, 0.2) is 0 Å². The van der Waals surface area contributed by atoms with Crippen LogP contribution in [0.1, 0.15) is 12.5 Å². The van der Waals surface area contributed by atoms with Gasteiger partial charge in [-0.15, -0.1) is 0 Å². The van der Waals surface area contributed by atoms with Crippen LogP contribution < -0.4 is 14.8 Å². The molecule has 0 bridgehead atoms. The molecule has 0 saturated carbocycles. The van der Waals surface area contributed by atoms with Gasteiger partial charge < -0.3 is 19.5 Å². The zero-order chi connectivity index (χ0) is 16.5. The fourth-order valence-electron chi connectivity index (χ4n) is 1.92. The van der Waals surface area contributed by atoms with Gasteiger partial charge in [0.2, 0.25) is 0 Å². The van der Waals surface area contributed by atoms with Gasteiger partial charge in [-0.05, 0) is 55.8 Å². The average molecular weight is 315 g/mol. The molecule has 0 aromatic heterocycles. The maximum Gasteiger partial charge on any atom is 0.407 e. The summed E-state index contributed by atoms with van der Waals surface area (Å²) in [5.41, 5.74) is 1.15. The Kier molecular flexibility index (Phi) is 6.29. The van der Waals surface area contributed by atoms with Crippen LogP contribution in [0, 0.1) is 6.92 Å². The van der Waals surface area contributed by atoms with Gasteiger partial charge in [0.05, 0.1) is 13.2 Å². The third-order valence-electron chi connectivity index (χ3n) is 2.96. The lowest BCUT2D eigenvalue weighted by Gasteiger charge is -2.09. The lowest BCUT2D eigenvalue weighted by Crippen LogP contribution is -2.28. The van der Waals surface area contributed by atoms with E-state index in [0.29, 0.717) is 25.5 Å². The standard InChI is InChI=1S/C18H21NO4/c1-3-21-18(20)19-11-12-22-15-7-9-16(10-8-15)23-17-6-4-5-14(2)13-17/h4-10,13H,3,11-12H2,1-2H3,(H,19,20). The highest BCUT2D eigenvalue weighted by molar-refractivity contribution is 5.66. The summed E-state index contributed by atoms with van der Waals surface area (Å²) in [6.45, 7) is 4.90. The summed E-state index contributed by atoms with van der Waals surface area (Å²) in [7, 11) is 0. The molecule has 0 aliphatic carbocycles. The lowest BCUT2D eigenvalue weighted by molar-refractivity contribution is 0.150. The molecule has 0 fully saturated rings. The molecule has 0 heterocycles. The Morgan fingerprint density at radius 3 is 2.48 bits per heavy atom. The van der Waals surface area contributed by atoms with Crippen molar-refractivity contribution >= 4 is 6.09 Å². The summed E-state index contributed by atoms with van der Waals surface area (Å²) in [6, 6.07) is 15.2. The zero-order valence-corrected chi connectivity index (χ0v) is 13.4. The number of rotatable bonds is 7. The average Bonchev–Trinajstić information content (AvgIpc) is 2.53. The molecular weight excluding hydrogens is 294 g/mol. The molecular formula is C18H21NO4. The second-order valence-corrected chi connectivity index (χ2v) is 4.89. The topological polar surface area (TPSA) is 56.8 Å². The summed E-state index contributed by atoms with van der Waals surface area (Å²) in [5.74, 6) is 2.26. The second kappa shape index (κ2) is 8.68. The van der Waals surface area contributed by atoms with E-state index in [0.717, 1.165) is 17.1 Å². The minimum absolute atomic E-state index is 0.356. The number of amides is 1. The molecule has 0 radical (unpaired) electrons. The first-order valence-electron chi connectivity index (χ1n) is 7.55. The molecule has 122 valence electrons. The van der Waals surface area contributed by atoms with Crippen molar-refractivity contribution in [1.29, 1.82) is 0 Å². The number of ether oxygens (including phenoxy) is 3. The SMILES string of the molecule is CCOC(=O)NCCOc1ccc(Oc2cccc(C)c2)cc1. The highest BCUT2D eigenvalue weighted by Gasteiger charge is 2.01. The monoisotopic (exact) mass is 315 g/mol. The number of nitrogens with one attached hydrogen (secondary N) is 1. The van der Waals surface area contributed by atoms with Gasteiger partial charge in [-0.1, -0.05) is 12.1 Å². The number of carbonyl (C=O) groups excluding carboxylic acids is 1. The smallest absolute Gasteiger partial charge is 0.407 e. The van der Waals surface area contributed by atoms with E-state index in [1.807, 2.05) is 55.5 Å². The Labute approximate surface area is 136 Å². The van der Waals surface area contributed by atoms with Gasteiger partial charge in [0.1, 0.15) is 23.9 Å². The van der Waals surface area contributed by atoms with Crippen molar-refractivity contribution in [2.75, 3.05) is 19.8 Å². The molecule has 1 amide bonds. The van der Waals surface area contributed by atoms with E-state index in [4.69, 9.17) is 14.2 Å². The number of aryl methyl sites for hydroxylation is 1. The Balaban J connectivity index is 1.77. The maximum absolute atomic E-state index is 11.1. The molecule has 2 aromatic carbocycles. The molecule has 2 aromatic rings. The molecule has 5 heteroatoms. The maximum atomic E-state index is 11.1. The van der Waals surface area contributed by atoms with E-state index in [2.05, 4.69) is 5.32 Å². The van der Waals surface area contributed by atoms with Crippen LogP contribution in [0.4, 0.5) is 4.79 Å². The molecule has 23 heavy (non-hydrogen) atoms. The van der Waals surface area contributed by atoms with Crippen LogP contribution in [0.25, 0.3) is 0 Å². The summed E-state index contributed by atoms with van der Waals surface area (Å²) in [4.78, 5) is 11.1. The molecule has 1 N–H and O–H groups in total. The van der Waals surface area contributed by atoms with Crippen molar-refractivity contribution in [3.63, 3.8) is 0 Å². The Hall–Kier alpha value is -2.69. The largest absolute Gasteiger partial charge is 0.492 e. The van der Waals surface area contributed by atoms with E-state index in [1.165, 1.54) is 0 Å². The molecule has 0 saturated heterocycles. The summed E-state index contributed by atoms with van der Waals surface area (Å²) >= 11 is 0. The number of hydrogen-bond acceptors (Lipinski definition) is 4. The molecule has 0 aliphatic rings. The van der Waals surface area contributed by atoms with Crippen molar-refractivity contribution in [1.82, 2.24) is 5.32 Å². The normalized spacial score (nSPS) is 10.0. The Bertz CT molecular complexity index is 625. The van der Waals surface area contributed by atoms with Crippen molar-refractivity contribution in [3.05, 3.63) is 54.1 Å². The van der Waals surface area contributed by atoms with Crippen LogP contribution >= 0.6 is 0 Å². The van der Waals surface area contributed by atoms with Gasteiger partial charge in [-0.2, -0.15) is 0 Å². The Morgan fingerprint density at radius 1 is 1.04 bits per heavy atom. The lowest BCUT2D eigenvalue weighted by atomic mass is 10.2. The predicted molar refractivity (Wildman–Crippen MR) is 88.2 cm³/mol. The highest BCUT2D eigenvalue weighted by atomic mass is 16.5. The zero-order valence-electron chi connectivity index (χ0n) is 13.4. The first kappa shape index (κ1) is 16.7. The number of benzene rings is 2. The third-order valence-corrected chi connectivity index (χ3v) is 2.96. The first-order valence-corrected chi connectivity index (χ1v) is 7.55. The number of carbonyl (C=O) groups is 1. The first-order chi connectivity index (χ1) is 11.2. The van der Waals surface area contributed by atoms with Crippen LogP contribution in [0.2, 0.25) is 0 Å². The van der Waals surface area contributed by atoms with E-state index in [-0.39, 0.29) is 0 Å². The van der Waals surface area contributed by atoms with E-state index in [1.54, 1.807) is 6.92 Å². The van der Waals surface area contributed by atoms with Gasteiger partial charge in [-0.25, -0.2) is 4.79 Å². The van der Waals surface area contributed by atoms with Crippen LogP contribution in [0.15, 0.2) is 48.5 Å². The quantitative estimate of drug-likeness (QED) is 0.787. The van der Waals surface area contributed by atoms with Gasteiger partial charge in [0.25, 0.3) is 0 Å². The number of alkyl carbamates (subject to hydrolysis) is 1. The van der Waals surface area contributed by atoms with Crippen LogP contribution in [0.5, 0.6) is 17.2 Å². The van der Waals surface area contributed by atoms with Crippen molar-refractivity contribution in [2.24, 2.45) is 0 Å². The summed E-state index contributed by atoms with van der Waals surface area (Å²) < 4.78 is 16.1. The minimum Gasteiger partial charge on any atom is -0.492 e. The van der Waals surface area contributed by atoms with Crippen molar-refractivity contribution < 1.29 is 19.0 Å². The second-order valence-electron chi connectivity index (χ2n) is 4.89. The van der Waals surface area contributed by atoms with Gasteiger partial charge in [0, 0.05) is 0 Å². The van der Waals surface area contributed by atoms with Crippen LogP contribution in [-0.4, -0.2) is 25.9 Å². The fourth-order valence-corrected chi connectivity index (χ4v) is 1.92. The predicted octanol–water partition coefficient (Wildman–Crippen LogP) is 3.91. The van der Waals surface area contributed by atoms with E-state index < -0.39 is 6.09 Å². The summed E-state index contributed by atoms with van der Waals surface area (Å²) in [5, 5.41) is 2.59. The van der Waals surface area contributed by atoms with Crippen molar-refractivity contribution in [2.45, 2.75) is 13.8 Å². The van der Waals surface area contributed by atoms with Crippen LogP contribution in [0.3, 0.4) is 0 Å². The molecule has 0 atom stereocenters. The summed E-state index contributed by atoms with van der Waals surface area (Å²) in [6.07, 6.45) is -0.432. The minimum atomic E-state index is -0.432.